The Labute approximate surface area is 188 Å². The van der Waals surface area contributed by atoms with E-state index in [0.717, 1.165) is 11.7 Å². The van der Waals surface area contributed by atoms with Crippen LogP contribution in [0.3, 0.4) is 0 Å². The van der Waals surface area contributed by atoms with E-state index in [2.05, 4.69) is 18.5 Å². The fourth-order valence-corrected chi connectivity index (χ4v) is 5.25. The molecule has 1 aliphatic heterocycles. The van der Waals surface area contributed by atoms with Crippen LogP contribution in [-0.2, 0) is 14.8 Å². The molecular formula is C19H21FN6O4S2. The Morgan fingerprint density at radius 3 is 2.75 bits per heavy atom. The zero-order valence-corrected chi connectivity index (χ0v) is 18.8. The van der Waals surface area contributed by atoms with Crippen LogP contribution in [0.25, 0.3) is 11.0 Å². The number of nitrogens with one attached hydrogen (secondary N) is 1. The molecular weight excluding hydrogens is 459 g/mol. The summed E-state index contributed by atoms with van der Waals surface area (Å²) in [6, 6.07) is 8.10. The number of fused-ring (bicyclic) bond motifs is 1. The number of hydrogen-bond acceptors (Lipinski definition) is 9. The van der Waals surface area contributed by atoms with Gasteiger partial charge in [0.15, 0.2) is 17.7 Å². The first-order valence-electron chi connectivity index (χ1n) is 9.78. The van der Waals surface area contributed by atoms with Crippen molar-refractivity contribution in [3.05, 3.63) is 36.5 Å². The molecule has 0 radical (unpaired) electrons. The number of hydrogen-bond donors (Lipinski definition) is 1. The smallest absolute Gasteiger partial charge is 0.258 e. The Morgan fingerprint density at radius 2 is 2.00 bits per heavy atom. The van der Waals surface area contributed by atoms with Crippen molar-refractivity contribution in [1.29, 1.82) is 0 Å². The topological polar surface area (TPSA) is 118 Å². The lowest BCUT2D eigenvalue weighted by molar-refractivity contribution is -0.136. The second-order valence-corrected chi connectivity index (χ2v) is 9.31. The Morgan fingerprint density at radius 1 is 1.22 bits per heavy atom. The molecule has 4 rings (SSSR count). The second kappa shape index (κ2) is 9.30. The summed E-state index contributed by atoms with van der Waals surface area (Å²) in [6.45, 7) is 0.821. The Balaban J connectivity index is 1.35. The van der Waals surface area contributed by atoms with Gasteiger partial charge in [-0.3, -0.25) is 4.79 Å². The molecule has 32 heavy (non-hydrogen) atoms. The van der Waals surface area contributed by atoms with Crippen LogP contribution in [0.15, 0.2) is 41.4 Å². The molecule has 1 atom stereocenters. The van der Waals surface area contributed by atoms with Gasteiger partial charge < -0.3 is 14.5 Å². The van der Waals surface area contributed by atoms with Gasteiger partial charge in [0.2, 0.25) is 10.0 Å². The van der Waals surface area contributed by atoms with Gasteiger partial charge in [0.1, 0.15) is 15.9 Å². The number of alkyl halides is 1. The van der Waals surface area contributed by atoms with E-state index in [9.17, 15) is 17.6 Å². The number of carbonyl (C=O) groups is 1. The first-order chi connectivity index (χ1) is 15.4. The number of benzene rings is 1. The Bertz CT molecular complexity index is 1210. The molecule has 0 bridgehead atoms. The lowest BCUT2D eigenvalue weighted by Gasteiger charge is -2.36. The largest absolute Gasteiger partial charge is 0.493 e. The molecule has 1 aliphatic rings. The van der Waals surface area contributed by atoms with E-state index in [1.165, 1.54) is 17.0 Å². The highest BCUT2D eigenvalue weighted by Gasteiger charge is 2.30. The Kier molecular flexibility index (Phi) is 6.48. The average molecular weight is 481 g/mol. The minimum atomic E-state index is -4.06. The number of ether oxygens (including phenoxy) is 1. The maximum atomic E-state index is 14.6. The molecule has 0 spiro atoms. The van der Waals surface area contributed by atoms with Gasteiger partial charge in [-0.1, -0.05) is 6.07 Å². The summed E-state index contributed by atoms with van der Waals surface area (Å²) in [5, 5.41) is 0. The zero-order chi connectivity index (χ0) is 22.7. The summed E-state index contributed by atoms with van der Waals surface area (Å²) in [7, 11) is -2.50. The molecule has 0 saturated carbocycles. The number of pyridine rings is 1. The molecule has 1 aromatic carbocycles. The number of halogens is 1. The van der Waals surface area contributed by atoms with Crippen molar-refractivity contribution in [1.82, 2.24) is 23.4 Å². The number of rotatable bonds is 7. The maximum Gasteiger partial charge on any atom is 0.258 e. The highest BCUT2D eigenvalue weighted by molar-refractivity contribution is 7.89. The summed E-state index contributed by atoms with van der Waals surface area (Å²) in [5.74, 6) is 0.529. The standard InChI is InChI=1S/C19H21FN6O4S2/c1-30-15-5-3-7-21-18(15)25-8-10-26(11-9-25)19(27)13(20)12-22-32(28,29)16-6-2-4-14-17(16)24-31-23-14/h2-7,13,22H,8-12H2,1H3. The van der Waals surface area contributed by atoms with Crippen molar-refractivity contribution < 1.29 is 22.3 Å². The number of piperazine rings is 1. The number of anilines is 1. The summed E-state index contributed by atoms with van der Waals surface area (Å²) < 4.78 is 55.3. The number of sulfonamides is 1. The summed E-state index contributed by atoms with van der Waals surface area (Å²) >= 11 is 0.889. The van der Waals surface area contributed by atoms with Crippen LogP contribution < -0.4 is 14.4 Å². The van der Waals surface area contributed by atoms with Crippen LogP contribution in [0, 0.1) is 0 Å². The Hall–Kier alpha value is -2.90. The molecule has 1 saturated heterocycles. The molecule has 1 N–H and O–H groups in total. The van der Waals surface area contributed by atoms with Crippen LogP contribution >= 0.6 is 11.7 Å². The summed E-state index contributed by atoms with van der Waals surface area (Å²) in [6.07, 6.45) is -0.352. The monoisotopic (exact) mass is 480 g/mol. The predicted octanol–water partition coefficient (Wildman–Crippen LogP) is 1.06. The zero-order valence-electron chi connectivity index (χ0n) is 17.1. The summed E-state index contributed by atoms with van der Waals surface area (Å²) in [5.41, 5.74) is 0.654. The molecule has 13 heteroatoms. The van der Waals surface area contributed by atoms with Crippen molar-refractivity contribution >= 4 is 44.5 Å². The van der Waals surface area contributed by atoms with Gasteiger partial charge in [-0.15, -0.1) is 0 Å². The minimum Gasteiger partial charge on any atom is -0.493 e. The van der Waals surface area contributed by atoms with Gasteiger partial charge in [-0.2, -0.15) is 8.75 Å². The van der Waals surface area contributed by atoms with E-state index in [1.807, 2.05) is 4.90 Å². The SMILES string of the molecule is COc1cccnc1N1CCN(C(=O)C(F)CNS(=O)(=O)c2cccc3nsnc23)CC1. The van der Waals surface area contributed by atoms with Crippen LogP contribution in [-0.4, -0.2) is 79.0 Å². The number of aromatic nitrogens is 3. The molecule has 3 heterocycles. The maximum absolute atomic E-state index is 14.6. The van der Waals surface area contributed by atoms with Gasteiger partial charge in [0.05, 0.1) is 25.4 Å². The minimum absolute atomic E-state index is 0.0960. The summed E-state index contributed by atoms with van der Waals surface area (Å²) in [4.78, 5) is 20.1. The lowest BCUT2D eigenvalue weighted by Crippen LogP contribution is -2.52. The first kappa shape index (κ1) is 22.3. The van der Waals surface area contributed by atoms with Crippen molar-refractivity contribution in [3.63, 3.8) is 0 Å². The normalized spacial score (nSPS) is 15.7. The van der Waals surface area contributed by atoms with E-state index in [1.54, 1.807) is 31.5 Å². The first-order valence-corrected chi connectivity index (χ1v) is 12.0. The highest BCUT2D eigenvalue weighted by Crippen LogP contribution is 2.26. The fourth-order valence-electron chi connectivity index (χ4n) is 3.46. The number of amides is 1. The number of carbonyl (C=O) groups excluding carboxylic acids is 1. The van der Waals surface area contributed by atoms with Crippen LogP contribution in [0.5, 0.6) is 5.75 Å². The van der Waals surface area contributed by atoms with Gasteiger partial charge in [-0.25, -0.2) is 22.5 Å². The number of methoxy groups -OCH3 is 1. The van der Waals surface area contributed by atoms with Crippen molar-refractivity contribution in [3.8, 4) is 5.75 Å². The van der Waals surface area contributed by atoms with E-state index in [0.29, 0.717) is 30.2 Å². The molecule has 170 valence electrons. The molecule has 1 unspecified atom stereocenters. The van der Waals surface area contributed by atoms with Crippen LogP contribution in [0.2, 0.25) is 0 Å². The predicted molar refractivity (Wildman–Crippen MR) is 117 cm³/mol. The van der Waals surface area contributed by atoms with Crippen LogP contribution in [0.4, 0.5) is 10.2 Å². The fraction of sp³-hybridized carbons (Fsp3) is 0.368. The third-order valence-electron chi connectivity index (χ3n) is 5.12. The van der Waals surface area contributed by atoms with Crippen molar-refractivity contribution in [2.75, 3.05) is 44.7 Å². The van der Waals surface area contributed by atoms with Gasteiger partial charge in [0, 0.05) is 32.4 Å². The number of nitrogens with zero attached hydrogens (tertiary/aromatic N) is 5. The quantitative estimate of drug-likeness (QED) is 0.534. The van der Waals surface area contributed by atoms with Crippen molar-refractivity contribution in [2.24, 2.45) is 0 Å². The molecule has 1 amide bonds. The molecule has 2 aromatic heterocycles. The third kappa shape index (κ3) is 4.49. The second-order valence-electron chi connectivity index (χ2n) is 7.05. The van der Waals surface area contributed by atoms with Gasteiger partial charge >= 0.3 is 0 Å². The average Bonchev–Trinajstić information content (AvgIpc) is 3.31. The lowest BCUT2D eigenvalue weighted by atomic mass is 10.2. The molecule has 3 aromatic rings. The van der Waals surface area contributed by atoms with E-state index in [-0.39, 0.29) is 23.5 Å². The van der Waals surface area contributed by atoms with Gasteiger partial charge in [-0.05, 0) is 24.3 Å². The van der Waals surface area contributed by atoms with Gasteiger partial charge in [0.25, 0.3) is 5.91 Å². The van der Waals surface area contributed by atoms with Crippen LogP contribution in [0.1, 0.15) is 0 Å². The highest BCUT2D eigenvalue weighted by atomic mass is 32.2. The third-order valence-corrected chi connectivity index (χ3v) is 7.12. The van der Waals surface area contributed by atoms with E-state index < -0.39 is 28.6 Å². The molecule has 1 fully saturated rings. The van der Waals surface area contributed by atoms with E-state index >= 15 is 0 Å². The molecule has 10 nitrogen and oxygen atoms in total. The molecule has 0 aliphatic carbocycles. The van der Waals surface area contributed by atoms with E-state index in [4.69, 9.17) is 4.74 Å². The van der Waals surface area contributed by atoms with Crippen molar-refractivity contribution in [2.45, 2.75) is 11.1 Å².